The highest BCUT2D eigenvalue weighted by atomic mass is 16.5. The summed E-state index contributed by atoms with van der Waals surface area (Å²) in [6, 6.07) is 0. The molecule has 1 atom stereocenters. The zero-order valence-electron chi connectivity index (χ0n) is 11.2. The van der Waals surface area contributed by atoms with E-state index in [0.29, 0.717) is 0 Å². The minimum absolute atomic E-state index is 0.234. The summed E-state index contributed by atoms with van der Waals surface area (Å²) in [5, 5.41) is 6.21. The van der Waals surface area contributed by atoms with E-state index in [-0.39, 0.29) is 6.10 Å². The molecule has 0 aliphatic rings. The van der Waals surface area contributed by atoms with Crippen LogP contribution in [-0.4, -0.2) is 64.9 Å². The second-order valence-corrected chi connectivity index (χ2v) is 3.87. The minimum Gasteiger partial charge on any atom is -0.377 e. The highest BCUT2D eigenvalue weighted by Gasteiger charge is 2.09. The van der Waals surface area contributed by atoms with Crippen LogP contribution in [0.15, 0.2) is 4.99 Å². The quantitative estimate of drug-likeness (QED) is 0.482. The molecule has 16 heavy (non-hydrogen) atoms. The predicted octanol–water partition coefficient (Wildman–Crippen LogP) is 0.138. The fourth-order valence-corrected chi connectivity index (χ4v) is 1.37. The standard InChI is InChI=1S/C11H26N4O/c1-6-16-10(7-8-15(4)5)9-14-11(12-2)13-3/h10H,6-9H2,1-5H3,(H2,12,13,14). The SMILES string of the molecule is CCOC(CCN(C)C)CNC(=NC)NC. The largest absolute Gasteiger partial charge is 0.377 e. The number of nitrogens with zero attached hydrogens (tertiary/aromatic N) is 2. The molecule has 0 aromatic heterocycles. The van der Waals surface area contributed by atoms with Gasteiger partial charge in [-0.25, -0.2) is 0 Å². The molecule has 96 valence electrons. The number of rotatable bonds is 7. The van der Waals surface area contributed by atoms with Crippen LogP contribution >= 0.6 is 0 Å². The van der Waals surface area contributed by atoms with Gasteiger partial charge in [0, 0.05) is 33.8 Å². The van der Waals surface area contributed by atoms with Crippen LogP contribution in [0.3, 0.4) is 0 Å². The number of guanidine groups is 1. The zero-order valence-corrected chi connectivity index (χ0v) is 11.2. The first kappa shape index (κ1) is 15.2. The van der Waals surface area contributed by atoms with E-state index in [2.05, 4.69) is 34.6 Å². The van der Waals surface area contributed by atoms with Crippen LogP contribution in [0.2, 0.25) is 0 Å². The third-order valence-electron chi connectivity index (χ3n) is 2.26. The van der Waals surface area contributed by atoms with Gasteiger partial charge in [0.1, 0.15) is 0 Å². The Hall–Kier alpha value is -0.810. The molecule has 0 bridgehead atoms. The van der Waals surface area contributed by atoms with Crippen LogP contribution in [0.1, 0.15) is 13.3 Å². The lowest BCUT2D eigenvalue weighted by Crippen LogP contribution is -2.41. The van der Waals surface area contributed by atoms with Crippen molar-refractivity contribution in [3.05, 3.63) is 0 Å². The van der Waals surface area contributed by atoms with E-state index in [0.717, 1.165) is 32.1 Å². The number of hydrogen-bond donors (Lipinski definition) is 2. The fraction of sp³-hybridized carbons (Fsp3) is 0.909. The lowest BCUT2D eigenvalue weighted by Gasteiger charge is -2.20. The number of nitrogens with one attached hydrogen (secondary N) is 2. The summed E-state index contributed by atoms with van der Waals surface area (Å²) in [5.74, 6) is 0.801. The summed E-state index contributed by atoms with van der Waals surface area (Å²) in [5.41, 5.74) is 0. The molecule has 5 heteroatoms. The maximum absolute atomic E-state index is 5.66. The summed E-state index contributed by atoms with van der Waals surface area (Å²) in [6.07, 6.45) is 1.26. The molecular weight excluding hydrogens is 204 g/mol. The van der Waals surface area contributed by atoms with Gasteiger partial charge in [0.25, 0.3) is 0 Å². The van der Waals surface area contributed by atoms with Crippen molar-refractivity contribution in [2.75, 3.05) is 47.9 Å². The molecule has 0 amide bonds. The van der Waals surface area contributed by atoms with E-state index in [1.54, 1.807) is 7.05 Å². The molecule has 0 aromatic rings. The normalized spacial score (nSPS) is 14.0. The molecule has 0 aromatic carbocycles. The van der Waals surface area contributed by atoms with E-state index >= 15 is 0 Å². The van der Waals surface area contributed by atoms with Gasteiger partial charge in [-0.3, -0.25) is 4.99 Å². The fourth-order valence-electron chi connectivity index (χ4n) is 1.37. The lowest BCUT2D eigenvalue weighted by atomic mass is 10.2. The van der Waals surface area contributed by atoms with Crippen molar-refractivity contribution >= 4 is 5.96 Å². The van der Waals surface area contributed by atoms with Crippen molar-refractivity contribution in [2.24, 2.45) is 4.99 Å². The van der Waals surface area contributed by atoms with Crippen LogP contribution in [0, 0.1) is 0 Å². The van der Waals surface area contributed by atoms with Crippen molar-refractivity contribution in [3.63, 3.8) is 0 Å². The second kappa shape index (κ2) is 9.42. The Balaban J connectivity index is 3.92. The number of ether oxygens (including phenoxy) is 1. The Morgan fingerprint density at radius 3 is 2.56 bits per heavy atom. The molecule has 5 nitrogen and oxygen atoms in total. The molecule has 0 rings (SSSR count). The Bertz CT molecular complexity index is 194. The van der Waals surface area contributed by atoms with Gasteiger partial charge in [0.05, 0.1) is 6.10 Å². The number of hydrogen-bond acceptors (Lipinski definition) is 3. The van der Waals surface area contributed by atoms with Crippen LogP contribution in [-0.2, 0) is 4.74 Å². The monoisotopic (exact) mass is 230 g/mol. The summed E-state index contributed by atoms with van der Waals surface area (Å²) in [7, 11) is 7.76. The molecule has 0 spiro atoms. The first-order valence-electron chi connectivity index (χ1n) is 5.78. The third-order valence-corrected chi connectivity index (χ3v) is 2.26. The predicted molar refractivity (Wildman–Crippen MR) is 69.0 cm³/mol. The van der Waals surface area contributed by atoms with Gasteiger partial charge < -0.3 is 20.3 Å². The molecule has 0 fully saturated rings. The summed E-state index contributed by atoms with van der Waals surface area (Å²) < 4.78 is 5.66. The van der Waals surface area contributed by atoms with E-state index in [4.69, 9.17) is 4.74 Å². The Morgan fingerprint density at radius 2 is 2.12 bits per heavy atom. The van der Waals surface area contributed by atoms with Crippen LogP contribution in [0.4, 0.5) is 0 Å². The molecule has 0 aliphatic heterocycles. The molecule has 2 N–H and O–H groups in total. The van der Waals surface area contributed by atoms with E-state index in [1.807, 2.05) is 14.0 Å². The van der Waals surface area contributed by atoms with Crippen molar-refractivity contribution in [1.29, 1.82) is 0 Å². The molecule has 0 radical (unpaired) electrons. The van der Waals surface area contributed by atoms with Crippen LogP contribution in [0.5, 0.6) is 0 Å². The van der Waals surface area contributed by atoms with Gasteiger partial charge in [-0.1, -0.05) is 0 Å². The maximum atomic E-state index is 5.66. The summed E-state index contributed by atoms with van der Waals surface area (Å²) in [6.45, 7) is 4.59. The van der Waals surface area contributed by atoms with Gasteiger partial charge >= 0.3 is 0 Å². The van der Waals surface area contributed by atoms with Crippen molar-refractivity contribution in [2.45, 2.75) is 19.4 Å². The van der Waals surface area contributed by atoms with Crippen LogP contribution < -0.4 is 10.6 Å². The topological polar surface area (TPSA) is 48.9 Å². The van der Waals surface area contributed by atoms with E-state index in [1.165, 1.54) is 0 Å². The lowest BCUT2D eigenvalue weighted by molar-refractivity contribution is 0.0548. The minimum atomic E-state index is 0.234. The first-order valence-corrected chi connectivity index (χ1v) is 5.78. The van der Waals surface area contributed by atoms with Gasteiger partial charge in [0.15, 0.2) is 5.96 Å². The molecule has 0 heterocycles. The van der Waals surface area contributed by atoms with Crippen molar-refractivity contribution in [3.8, 4) is 0 Å². The summed E-state index contributed by atoms with van der Waals surface area (Å²) in [4.78, 5) is 6.23. The first-order chi connectivity index (χ1) is 7.63. The number of aliphatic imine (C=N–C) groups is 1. The highest BCUT2D eigenvalue weighted by molar-refractivity contribution is 5.79. The molecule has 1 unspecified atom stereocenters. The molecule has 0 saturated carbocycles. The average molecular weight is 230 g/mol. The third kappa shape index (κ3) is 7.48. The van der Waals surface area contributed by atoms with E-state index in [9.17, 15) is 0 Å². The smallest absolute Gasteiger partial charge is 0.190 e. The molecular formula is C11H26N4O. The Labute approximate surface area is 99.3 Å². The van der Waals surface area contributed by atoms with Gasteiger partial charge in [-0.05, 0) is 27.4 Å². The van der Waals surface area contributed by atoms with Gasteiger partial charge in [-0.2, -0.15) is 0 Å². The van der Waals surface area contributed by atoms with Gasteiger partial charge in [0.2, 0.25) is 0 Å². The zero-order chi connectivity index (χ0) is 12.4. The molecule has 0 saturated heterocycles. The van der Waals surface area contributed by atoms with Crippen LogP contribution in [0.25, 0.3) is 0 Å². The van der Waals surface area contributed by atoms with Crippen molar-refractivity contribution < 1.29 is 4.74 Å². The Morgan fingerprint density at radius 1 is 1.44 bits per heavy atom. The average Bonchev–Trinajstić information content (AvgIpc) is 2.26. The van der Waals surface area contributed by atoms with E-state index < -0.39 is 0 Å². The Kier molecular flexibility index (Phi) is 8.94. The maximum Gasteiger partial charge on any atom is 0.190 e. The van der Waals surface area contributed by atoms with Crippen molar-refractivity contribution in [1.82, 2.24) is 15.5 Å². The summed E-state index contributed by atoms with van der Waals surface area (Å²) >= 11 is 0. The second-order valence-electron chi connectivity index (χ2n) is 3.87. The highest BCUT2D eigenvalue weighted by Crippen LogP contribution is 1.98. The van der Waals surface area contributed by atoms with Gasteiger partial charge in [-0.15, -0.1) is 0 Å². The molecule has 0 aliphatic carbocycles.